The number of nitrogens with zero attached hydrogens (tertiary/aromatic N) is 9. The number of piperazine rings is 1. The molecule has 4 fully saturated rings. The zero-order valence-corrected chi connectivity index (χ0v) is 34.0. The van der Waals surface area contributed by atoms with Crippen LogP contribution in [0.4, 0.5) is 21.6 Å². The van der Waals surface area contributed by atoms with Crippen LogP contribution >= 0.6 is 0 Å². The Morgan fingerprint density at radius 2 is 1.60 bits per heavy atom. The number of hydrogen-bond donors (Lipinski definition) is 2. The molecule has 2 aromatic rings. The van der Waals surface area contributed by atoms with Crippen molar-refractivity contribution in [2.75, 3.05) is 55.6 Å². The summed E-state index contributed by atoms with van der Waals surface area (Å²) in [6.45, 7) is 12.1. The molecule has 7 heterocycles. The van der Waals surface area contributed by atoms with Gasteiger partial charge in [0.2, 0.25) is 11.8 Å². The molecule has 312 valence electrons. The Morgan fingerprint density at radius 3 is 2.28 bits per heavy atom. The average molecular weight is 817 g/mol. The lowest BCUT2D eigenvalue weighted by molar-refractivity contribution is -0.136. The van der Waals surface area contributed by atoms with Gasteiger partial charge in [-0.05, 0) is 69.0 Å². The molecule has 1 aliphatic carbocycles. The number of rotatable bonds is 7. The molecule has 3 saturated heterocycles. The predicted molar refractivity (Wildman–Crippen MR) is 222 cm³/mol. The highest BCUT2D eigenvalue weighted by Crippen LogP contribution is 2.35. The maximum atomic E-state index is 16.3. The molecule has 0 radical (unpaired) electrons. The maximum Gasteiger partial charge on any atom is 0.262 e. The van der Waals surface area contributed by atoms with Crippen LogP contribution in [0.2, 0.25) is 0 Å². The third-order valence-electron chi connectivity index (χ3n) is 13.0. The first-order valence-corrected chi connectivity index (χ1v) is 20.9. The largest absolute Gasteiger partial charge is 0.512 e. The molecule has 1 unspecified atom stereocenters. The number of benzene rings is 1. The number of amides is 4. The molecule has 1 atom stereocenters. The molecule has 0 spiro atoms. The van der Waals surface area contributed by atoms with Crippen LogP contribution in [0.15, 0.2) is 47.7 Å². The molecule has 7 aliphatic rings. The van der Waals surface area contributed by atoms with Gasteiger partial charge < -0.3 is 19.5 Å². The lowest BCUT2D eigenvalue weighted by atomic mass is 9.91. The number of aromatic nitrogens is 4. The van der Waals surface area contributed by atoms with Gasteiger partial charge in [-0.15, -0.1) is 0 Å². The molecular formula is C44H49FN10O5. The standard InChI is InChI=1S/C44H49FN10O5/c1-26-34-24-47-43(50-39(34)54(29-6-4-5-7-29)27(2)38(26)28(3)56)48-36-12-9-31(23-46-36)53-20-18-51(19-21-53)25-44(45)14-16-52(17-15-44)30-8-10-32-33(22-30)42(60)55(41(32)59)35-11-13-37(57)49-40(35)58/h8-10,12,22-24,29,35,56H,2,4-7,11,13-21,25H2,1,3H3,(H,49,57,58)/b38-28+,48-43?. The summed E-state index contributed by atoms with van der Waals surface area (Å²) in [6.07, 6.45) is 8.73. The average Bonchev–Trinajstić information content (AvgIpc) is 3.84. The van der Waals surface area contributed by atoms with Crippen LogP contribution in [0.1, 0.15) is 90.6 Å². The van der Waals surface area contributed by atoms with Crippen molar-refractivity contribution in [2.24, 2.45) is 4.99 Å². The van der Waals surface area contributed by atoms with Crippen LogP contribution in [-0.2, 0) is 9.59 Å². The van der Waals surface area contributed by atoms with Crippen molar-refractivity contribution in [3.63, 3.8) is 0 Å². The number of carbonyl (C=O) groups is 4. The second kappa shape index (κ2) is 15.5. The Kier molecular flexibility index (Phi) is 10.2. The first-order chi connectivity index (χ1) is 28.9. The minimum atomic E-state index is -1.36. The number of pyridine rings is 2. The van der Waals surface area contributed by atoms with Gasteiger partial charge in [-0.2, -0.15) is 9.98 Å². The molecule has 4 amide bonds. The number of hydrogen-bond acceptors (Lipinski definition) is 12. The second-order valence-corrected chi connectivity index (χ2v) is 16.8. The third-order valence-corrected chi connectivity index (χ3v) is 13.0. The van der Waals surface area contributed by atoms with Crippen LogP contribution in [-0.4, -0.2) is 116 Å². The number of aliphatic hydroxyl groups excluding tert-OH is 1. The summed E-state index contributed by atoms with van der Waals surface area (Å²) < 4.78 is 18.5. The van der Waals surface area contributed by atoms with Gasteiger partial charge >= 0.3 is 0 Å². The summed E-state index contributed by atoms with van der Waals surface area (Å²) in [6, 6.07) is 8.12. The summed E-state index contributed by atoms with van der Waals surface area (Å²) in [5, 5.41) is 14.2. The van der Waals surface area contributed by atoms with Gasteiger partial charge in [-0.3, -0.25) is 34.3 Å². The lowest BCUT2D eigenvalue weighted by Crippen LogP contribution is -2.54. The quantitative estimate of drug-likeness (QED) is 0.263. The molecule has 16 heteroatoms. The van der Waals surface area contributed by atoms with E-state index in [1.807, 2.05) is 24.0 Å². The van der Waals surface area contributed by atoms with Crippen molar-refractivity contribution in [2.45, 2.75) is 83.0 Å². The van der Waals surface area contributed by atoms with Gasteiger partial charge in [-0.25, -0.2) is 14.4 Å². The molecule has 0 bridgehead atoms. The number of anilines is 2. The van der Waals surface area contributed by atoms with E-state index in [1.165, 1.54) is 0 Å². The van der Waals surface area contributed by atoms with Crippen molar-refractivity contribution < 1.29 is 28.7 Å². The number of piperidine rings is 2. The molecule has 2 N–H and O–H groups in total. The van der Waals surface area contributed by atoms with Crippen LogP contribution < -0.4 is 31.3 Å². The fourth-order valence-electron chi connectivity index (χ4n) is 9.78. The number of aliphatic hydroxyl groups is 1. The Bertz CT molecular complexity index is 2550. The third kappa shape index (κ3) is 7.20. The maximum absolute atomic E-state index is 16.3. The molecule has 1 saturated carbocycles. The second-order valence-electron chi connectivity index (χ2n) is 16.8. The Labute approximate surface area is 346 Å². The number of fused-ring (bicyclic) bond motifs is 2. The van der Waals surface area contributed by atoms with E-state index < -0.39 is 35.3 Å². The zero-order chi connectivity index (χ0) is 41.9. The monoisotopic (exact) mass is 816 g/mol. The number of halogens is 1. The predicted octanol–water partition coefficient (Wildman–Crippen LogP) is 3.06. The van der Waals surface area contributed by atoms with E-state index in [-0.39, 0.29) is 35.8 Å². The fraction of sp³-hybridized carbons (Fsp3) is 0.455. The normalized spacial score (nSPS) is 22.2. The molecule has 1 aromatic carbocycles. The van der Waals surface area contributed by atoms with E-state index in [4.69, 9.17) is 4.98 Å². The van der Waals surface area contributed by atoms with E-state index in [2.05, 4.69) is 41.2 Å². The van der Waals surface area contributed by atoms with E-state index in [1.54, 1.807) is 37.5 Å². The number of imide groups is 2. The summed E-state index contributed by atoms with van der Waals surface area (Å²) in [4.78, 5) is 76.7. The van der Waals surface area contributed by atoms with Crippen LogP contribution in [0, 0.1) is 6.92 Å². The van der Waals surface area contributed by atoms with E-state index in [9.17, 15) is 24.3 Å². The van der Waals surface area contributed by atoms with Crippen molar-refractivity contribution in [3.8, 4) is 11.4 Å². The molecule has 1 aromatic heterocycles. The van der Waals surface area contributed by atoms with Gasteiger partial charge in [0, 0.05) is 99.1 Å². The van der Waals surface area contributed by atoms with Crippen molar-refractivity contribution in [3.05, 3.63) is 75.6 Å². The van der Waals surface area contributed by atoms with E-state index >= 15 is 4.39 Å². The van der Waals surface area contributed by atoms with Crippen LogP contribution in [0.25, 0.3) is 23.7 Å². The summed E-state index contributed by atoms with van der Waals surface area (Å²) in [5.41, 5.74) is 2.84. The smallest absolute Gasteiger partial charge is 0.262 e. The zero-order valence-electron chi connectivity index (χ0n) is 34.0. The van der Waals surface area contributed by atoms with Gasteiger partial charge in [0.1, 0.15) is 17.5 Å². The van der Waals surface area contributed by atoms with Gasteiger partial charge in [0.15, 0.2) is 5.82 Å². The highest BCUT2D eigenvalue weighted by atomic mass is 19.1. The van der Waals surface area contributed by atoms with Crippen molar-refractivity contribution >= 4 is 53.2 Å². The first-order valence-electron chi connectivity index (χ1n) is 20.9. The molecule has 60 heavy (non-hydrogen) atoms. The fourth-order valence-corrected chi connectivity index (χ4v) is 9.78. The Morgan fingerprint density at radius 1 is 0.900 bits per heavy atom. The van der Waals surface area contributed by atoms with Gasteiger partial charge in [-0.1, -0.05) is 19.4 Å². The molecular weight excluding hydrogens is 768 g/mol. The highest BCUT2D eigenvalue weighted by molar-refractivity contribution is 6.23. The number of alkyl halides is 1. The minimum absolute atomic E-state index is 0.0587. The van der Waals surface area contributed by atoms with Crippen molar-refractivity contribution in [1.29, 1.82) is 0 Å². The molecule has 9 rings (SSSR count). The number of carbonyl (C=O) groups excluding carboxylic acids is 4. The van der Waals surface area contributed by atoms with Crippen molar-refractivity contribution in [1.82, 2.24) is 34.6 Å². The lowest BCUT2D eigenvalue weighted by Gasteiger charge is -2.42. The van der Waals surface area contributed by atoms with E-state index in [0.29, 0.717) is 57.0 Å². The summed E-state index contributed by atoms with van der Waals surface area (Å²) in [5.74, 6) is -0.679. The molecule has 15 nitrogen and oxygen atoms in total. The highest BCUT2D eigenvalue weighted by Gasteiger charge is 2.45. The first kappa shape index (κ1) is 39.4. The SMILES string of the molecule is C=c1/c(=C(\C)O)c(C)c2cnc(=Nc3ccc(N4CCN(CC5(F)CCN(c6ccc7c(c6)C(=O)N(C6CCC(=O)NC6=O)C7=O)CC5)CC4)cn3)nc-2n1C1CCCC1. The summed E-state index contributed by atoms with van der Waals surface area (Å²) >= 11 is 0. The Hall–Kier alpha value is -6.03. The molecule has 6 aliphatic heterocycles. The van der Waals surface area contributed by atoms with Gasteiger partial charge in [0.25, 0.3) is 17.4 Å². The van der Waals surface area contributed by atoms with Crippen LogP contribution in [0.5, 0.6) is 0 Å². The van der Waals surface area contributed by atoms with Crippen LogP contribution in [0.3, 0.4) is 0 Å². The topological polar surface area (TPSA) is 169 Å². The minimum Gasteiger partial charge on any atom is -0.512 e. The van der Waals surface area contributed by atoms with Gasteiger partial charge in [0.05, 0.1) is 28.8 Å². The summed E-state index contributed by atoms with van der Waals surface area (Å²) in [7, 11) is 0. The van der Waals surface area contributed by atoms with E-state index in [0.717, 1.165) is 82.6 Å². The Balaban J connectivity index is 0.807. The number of nitrogens with one attached hydrogen (secondary N) is 1.